The molecule has 11 heteroatoms. The summed E-state index contributed by atoms with van der Waals surface area (Å²) in [6.07, 6.45) is 0.929. The summed E-state index contributed by atoms with van der Waals surface area (Å²) in [5, 5.41) is 10.4. The number of rotatable bonds is 3. The number of carbonyl (C=O) groups excluding carboxylic acids is 1. The monoisotopic (exact) mass is 442 g/mol. The van der Waals surface area contributed by atoms with Crippen molar-refractivity contribution in [3.63, 3.8) is 0 Å². The number of carbonyl (C=O) groups is 1. The number of fused-ring (bicyclic) bond motifs is 1. The van der Waals surface area contributed by atoms with Crippen LogP contribution < -0.4 is 5.32 Å². The Morgan fingerprint density at radius 2 is 2.15 bits per heavy atom. The highest BCUT2D eigenvalue weighted by atomic mass is 79.9. The van der Waals surface area contributed by atoms with Crippen LogP contribution in [-0.2, 0) is 11.3 Å². The lowest BCUT2D eigenvalue weighted by Gasteiger charge is -2.19. The quantitative estimate of drug-likeness (QED) is 0.602. The molecule has 0 atom stereocenters. The van der Waals surface area contributed by atoms with Crippen molar-refractivity contribution in [1.29, 1.82) is 0 Å². The summed E-state index contributed by atoms with van der Waals surface area (Å²) in [6, 6.07) is 0. The first-order valence-electron chi connectivity index (χ1n) is 7.74. The number of nitrogens with one attached hydrogen (secondary N) is 1. The highest BCUT2D eigenvalue weighted by Gasteiger charge is 2.25. The molecular weight excluding hydrogens is 428 g/mol. The van der Waals surface area contributed by atoms with Gasteiger partial charge in [0.25, 0.3) is 0 Å². The van der Waals surface area contributed by atoms with E-state index in [2.05, 4.69) is 41.5 Å². The Morgan fingerprint density at radius 3 is 2.81 bits per heavy atom. The number of nitrogens with zero attached hydrogens (tertiary/aromatic N) is 5. The first-order chi connectivity index (χ1) is 12.2. The van der Waals surface area contributed by atoms with E-state index >= 15 is 0 Å². The molecule has 1 N–H and O–H groups in total. The third-order valence-corrected chi connectivity index (χ3v) is 4.17. The lowest BCUT2D eigenvalue weighted by atomic mass is 10.2. The number of anilines is 1. The molecule has 3 aromatic rings. The van der Waals surface area contributed by atoms with Crippen LogP contribution in [0.5, 0.6) is 0 Å². The number of hydrogen-bond acceptors (Lipinski definition) is 7. The molecule has 0 fully saturated rings. The number of amides is 1. The molecule has 26 heavy (non-hydrogen) atoms. The van der Waals surface area contributed by atoms with Gasteiger partial charge in [0.05, 0.1) is 9.99 Å². The van der Waals surface area contributed by atoms with Crippen molar-refractivity contribution in [1.82, 2.24) is 24.8 Å². The molecule has 0 saturated heterocycles. The van der Waals surface area contributed by atoms with Crippen molar-refractivity contribution in [3.05, 3.63) is 15.8 Å². The number of ether oxygens (including phenoxy) is 1. The first-order valence-corrected chi connectivity index (χ1v) is 8.91. The second-order valence-electron chi connectivity index (χ2n) is 6.36. The molecule has 3 aromatic heterocycles. The number of halogens is 2. The van der Waals surface area contributed by atoms with Crippen molar-refractivity contribution < 1.29 is 14.2 Å². The lowest BCUT2D eigenvalue weighted by Crippen LogP contribution is -2.27. The Balaban J connectivity index is 2.06. The number of imidazole rings is 1. The predicted octanol–water partition coefficient (Wildman–Crippen LogP) is 4.26. The summed E-state index contributed by atoms with van der Waals surface area (Å²) in [5.41, 5.74) is 0.872. The number of pyridine rings is 1. The van der Waals surface area contributed by atoms with Crippen LogP contribution in [0.2, 0.25) is 5.15 Å². The van der Waals surface area contributed by atoms with Gasteiger partial charge in [-0.3, -0.25) is 5.32 Å². The average molecular weight is 444 g/mol. The molecule has 138 valence electrons. The SMILES string of the molecule is CCn1c(-c2nonc2NC(=O)OC(C)(C)C)nc2c(Cl)ncc(Br)c21. The van der Waals surface area contributed by atoms with Gasteiger partial charge in [-0.25, -0.2) is 19.4 Å². The fourth-order valence-corrected chi connectivity index (χ4v) is 3.07. The molecule has 0 unspecified atom stereocenters. The van der Waals surface area contributed by atoms with Gasteiger partial charge in [0.1, 0.15) is 11.1 Å². The maximum absolute atomic E-state index is 12.0. The minimum atomic E-state index is -0.672. The van der Waals surface area contributed by atoms with E-state index in [1.54, 1.807) is 27.0 Å². The Kier molecular flexibility index (Phi) is 4.89. The molecule has 3 heterocycles. The fraction of sp³-hybridized carbons (Fsp3) is 0.400. The van der Waals surface area contributed by atoms with E-state index in [0.29, 0.717) is 17.9 Å². The van der Waals surface area contributed by atoms with Crippen LogP contribution in [0, 0.1) is 0 Å². The summed E-state index contributed by atoms with van der Waals surface area (Å²) in [4.78, 5) is 20.6. The standard InChI is InChI=1S/C15H16BrClN6O3/c1-5-23-10-7(16)6-18-11(17)8(10)19-13(23)9-12(22-26-21-9)20-14(24)25-15(2,3)4/h6H,5H2,1-4H3,(H,20,22,24). The van der Waals surface area contributed by atoms with E-state index in [0.717, 1.165) is 9.99 Å². The Bertz CT molecular complexity index is 978. The van der Waals surface area contributed by atoms with Crippen molar-refractivity contribution >= 4 is 50.5 Å². The number of aryl methyl sites for hydroxylation is 1. The van der Waals surface area contributed by atoms with Crippen LogP contribution in [0.15, 0.2) is 15.3 Å². The maximum atomic E-state index is 12.0. The second kappa shape index (κ2) is 6.84. The fourth-order valence-electron chi connectivity index (χ4n) is 2.38. The zero-order chi connectivity index (χ0) is 19.1. The first kappa shape index (κ1) is 18.6. The third kappa shape index (κ3) is 3.51. The third-order valence-electron chi connectivity index (χ3n) is 3.32. The number of aromatic nitrogens is 5. The predicted molar refractivity (Wildman–Crippen MR) is 99.1 cm³/mol. The van der Waals surface area contributed by atoms with E-state index in [9.17, 15) is 4.79 Å². The van der Waals surface area contributed by atoms with Gasteiger partial charge in [-0.1, -0.05) is 11.6 Å². The van der Waals surface area contributed by atoms with Gasteiger partial charge in [-0.2, -0.15) is 0 Å². The van der Waals surface area contributed by atoms with Crippen LogP contribution in [0.4, 0.5) is 10.6 Å². The molecule has 3 rings (SSSR count). The van der Waals surface area contributed by atoms with E-state index < -0.39 is 11.7 Å². The smallest absolute Gasteiger partial charge is 0.413 e. The van der Waals surface area contributed by atoms with E-state index in [4.69, 9.17) is 21.0 Å². The highest BCUT2D eigenvalue weighted by Crippen LogP contribution is 2.34. The zero-order valence-electron chi connectivity index (χ0n) is 14.5. The minimum absolute atomic E-state index is 0.101. The summed E-state index contributed by atoms with van der Waals surface area (Å²) in [7, 11) is 0. The van der Waals surface area contributed by atoms with Crippen LogP contribution in [0.1, 0.15) is 27.7 Å². The van der Waals surface area contributed by atoms with E-state index in [-0.39, 0.29) is 16.7 Å². The van der Waals surface area contributed by atoms with Crippen LogP contribution in [0.25, 0.3) is 22.6 Å². The van der Waals surface area contributed by atoms with Crippen molar-refractivity contribution in [2.24, 2.45) is 0 Å². The molecule has 0 aromatic carbocycles. The molecule has 0 aliphatic rings. The molecule has 0 spiro atoms. The summed E-state index contributed by atoms with van der Waals surface area (Å²) >= 11 is 9.63. The maximum Gasteiger partial charge on any atom is 0.413 e. The average Bonchev–Trinajstić information content (AvgIpc) is 3.13. The molecule has 9 nitrogen and oxygen atoms in total. The van der Waals surface area contributed by atoms with Crippen LogP contribution in [0.3, 0.4) is 0 Å². The summed E-state index contributed by atoms with van der Waals surface area (Å²) in [6.45, 7) is 7.80. The molecule has 0 aliphatic carbocycles. The Labute approximate surface area is 162 Å². The van der Waals surface area contributed by atoms with Crippen molar-refractivity contribution in [2.45, 2.75) is 39.8 Å². The van der Waals surface area contributed by atoms with Gasteiger partial charge >= 0.3 is 6.09 Å². The highest BCUT2D eigenvalue weighted by molar-refractivity contribution is 9.10. The lowest BCUT2D eigenvalue weighted by molar-refractivity contribution is 0.0634. The van der Waals surface area contributed by atoms with Gasteiger partial charge < -0.3 is 9.30 Å². The molecule has 0 aliphatic heterocycles. The van der Waals surface area contributed by atoms with E-state index in [1.807, 2.05) is 11.5 Å². The largest absolute Gasteiger partial charge is 0.444 e. The zero-order valence-corrected chi connectivity index (χ0v) is 16.8. The van der Waals surface area contributed by atoms with Gasteiger partial charge in [0, 0.05) is 12.7 Å². The van der Waals surface area contributed by atoms with E-state index in [1.165, 1.54) is 0 Å². The minimum Gasteiger partial charge on any atom is -0.444 e. The van der Waals surface area contributed by atoms with Gasteiger partial charge in [-0.05, 0) is 53.9 Å². The molecule has 0 radical (unpaired) electrons. The molecule has 1 amide bonds. The van der Waals surface area contributed by atoms with Gasteiger partial charge in [0.15, 0.2) is 16.7 Å². The summed E-state index contributed by atoms with van der Waals surface area (Å²) < 4.78 is 12.6. The number of hydrogen-bond donors (Lipinski definition) is 1. The second-order valence-corrected chi connectivity index (χ2v) is 7.57. The summed E-state index contributed by atoms with van der Waals surface area (Å²) in [5.74, 6) is 0.537. The van der Waals surface area contributed by atoms with Crippen LogP contribution >= 0.6 is 27.5 Å². The molecule has 0 saturated carbocycles. The van der Waals surface area contributed by atoms with Crippen molar-refractivity contribution in [3.8, 4) is 11.5 Å². The Hall–Kier alpha value is -2.20. The Morgan fingerprint density at radius 1 is 1.42 bits per heavy atom. The van der Waals surface area contributed by atoms with Gasteiger partial charge in [-0.15, -0.1) is 0 Å². The topological polar surface area (TPSA) is 108 Å². The normalized spacial score (nSPS) is 11.8. The van der Waals surface area contributed by atoms with Gasteiger partial charge in [0.2, 0.25) is 5.82 Å². The van der Waals surface area contributed by atoms with Crippen LogP contribution in [-0.4, -0.2) is 36.5 Å². The molecular formula is C15H16BrClN6O3. The van der Waals surface area contributed by atoms with Crippen molar-refractivity contribution in [2.75, 3.05) is 5.32 Å². The molecule has 0 bridgehead atoms.